The van der Waals surface area contributed by atoms with Gasteiger partial charge in [0.1, 0.15) is 17.7 Å². The number of aromatic nitrogens is 2. The molecule has 2 N–H and O–H groups in total. The Bertz CT molecular complexity index is 585. The number of nitrogens with one attached hydrogen (secondary N) is 1. The van der Waals surface area contributed by atoms with E-state index in [1.165, 1.54) is 12.1 Å². The first-order valence-corrected chi connectivity index (χ1v) is 6.87. The molecule has 1 aromatic carbocycles. The summed E-state index contributed by atoms with van der Waals surface area (Å²) in [6.07, 6.45) is 3.49. The molecule has 0 spiro atoms. The summed E-state index contributed by atoms with van der Waals surface area (Å²) < 4.78 is 13.6. The highest BCUT2D eigenvalue weighted by molar-refractivity contribution is 5.56. The number of hydrogen-bond acceptors (Lipinski definition) is 3. The zero-order valence-electron chi connectivity index (χ0n) is 11.4. The fourth-order valence-corrected chi connectivity index (χ4v) is 2.75. The average Bonchev–Trinajstić information content (AvgIpc) is 3.09. The van der Waals surface area contributed by atoms with E-state index in [2.05, 4.69) is 21.8 Å². The van der Waals surface area contributed by atoms with Crippen LogP contribution in [0.4, 0.5) is 10.1 Å². The molecule has 106 valence electrons. The van der Waals surface area contributed by atoms with Crippen LogP contribution in [0.15, 0.2) is 30.6 Å². The van der Waals surface area contributed by atoms with Gasteiger partial charge in [0.25, 0.3) is 0 Å². The lowest BCUT2D eigenvalue weighted by Gasteiger charge is -2.23. The Morgan fingerprint density at radius 2 is 2.35 bits per heavy atom. The van der Waals surface area contributed by atoms with E-state index in [9.17, 15) is 9.50 Å². The van der Waals surface area contributed by atoms with Gasteiger partial charge in [-0.25, -0.2) is 9.37 Å². The molecule has 2 aromatic rings. The van der Waals surface area contributed by atoms with Crippen molar-refractivity contribution in [2.45, 2.75) is 19.4 Å². The molecule has 0 amide bonds. The van der Waals surface area contributed by atoms with Crippen LogP contribution in [0.3, 0.4) is 0 Å². The van der Waals surface area contributed by atoms with E-state index in [1.54, 1.807) is 18.5 Å². The fourth-order valence-electron chi connectivity index (χ4n) is 2.75. The number of hydrogen-bond donors (Lipinski definition) is 2. The van der Waals surface area contributed by atoms with Crippen LogP contribution >= 0.6 is 0 Å². The van der Waals surface area contributed by atoms with Crippen molar-refractivity contribution in [2.75, 3.05) is 18.0 Å². The van der Waals surface area contributed by atoms with Gasteiger partial charge in [-0.2, -0.15) is 0 Å². The predicted octanol–water partition coefficient (Wildman–Crippen LogP) is 2.48. The van der Waals surface area contributed by atoms with Crippen molar-refractivity contribution in [1.82, 2.24) is 9.97 Å². The Kier molecular flexibility index (Phi) is 3.44. The van der Waals surface area contributed by atoms with Crippen LogP contribution in [-0.2, 0) is 0 Å². The molecular formula is C15H18FN3O. The molecule has 3 rings (SSSR count). The van der Waals surface area contributed by atoms with Crippen LogP contribution in [0.5, 0.6) is 0 Å². The van der Waals surface area contributed by atoms with Gasteiger partial charge in [-0.15, -0.1) is 0 Å². The predicted molar refractivity (Wildman–Crippen MR) is 75.0 cm³/mol. The number of rotatable bonds is 3. The highest BCUT2D eigenvalue weighted by Gasteiger charge is 2.25. The van der Waals surface area contributed by atoms with Crippen molar-refractivity contribution < 1.29 is 9.50 Å². The van der Waals surface area contributed by atoms with Crippen LogP contribution in [0.1, 0.15) is 30.8 Å². The summed E-state index contributed by atoms with van der Waals surface area (Å²) in [4.78, 5) is 9.12. The SMILES string of the molecule is C[C@H]1CCN(c2cc(F)ccc2C(O)c2ncc[nH]2)C1. The minimum atomic E-state index is -0.864. The Morgan fingerprint density at radius 3 is 3.00 bits per heavy atom. The summed E-state index contributed by atoms with van der Waals surface area (Å²) in [6, 6.07) is 4.52. The van der Waals surface area contributed by atoms with Crippen LogP contribution in [0.2, 0.25) is 0 Å². The van der Waals surface area contributed by atoms with E-state index in [1.807, 2.05) is 0 Å². The Morgan fingerprint density at radius 1 is 1.50 bits per heavy atom. The van der Waals surface area contributed by atoms with Gasteiger partial charge in [0.15, 0.2) is 0 Å². The van der Waals surface area contributed by atoms with E-state index >= 15 is 0 Å². The van der Waals surface area contributed by atoms with E-state index in [-0.39, 0.29) is 5.82 Å². The van der Waals surface area contributed by atoms with Gasteiger partial charge in [-0.1, -0.05) is 13.0 Å². The minimum Gasteiger partial charge on any atom is -0.380 e. The smallest absolute Gasteiger partial charge is 0.139 e. The second-order valence-electron chi connectivity index (χ2n) is 5.42. The molecule has 1 aliphatic rings. The van der Waals surface area contributed by atoms with Gasteiger partial charge in [0, 0.05) is 36.7 Å². The number of aliphatic hydroxyl groups is 1. The topological polar surface area (TPSA) is 52.1 Å². The van der Waals surface area contributed by atoms with Crippen LogP contribution in [0.25, 0.3) is 0 Å². The second-order valence-corrected chi connectivity index (χ2v) is 5.42. The Hall–Kier alpha value is -1.88. The molecule has 1 fully saturated rings. The van der Waals surface area contributed by atoms with Gasteiger partial charge in [-0.05, 0) is 24.5 Å². The Labute approximate surface area is 117 Å². The minimum absolute atomic E-state index is 0.282. The van der Waals surface area contributed by atoms with Crippen LogP contribution in [0, 0.1) is 11.7 Å². The van der Waals surface area contributed by atoms with Gasteiger partial charge < -0.3 is 15.0 Å². The van der Waals surface area contributed by atoms with E-state index < -0.39 is 6.10 Å². The monoisotopic (exact) mass is 275 g/mol. The third kappa shape index (κ3) is 2.41. The van der Waals surface area contributed by atoms with E-state index in [0.717, 1.165) is 25.2 Å². The van der Waals surface area contributed by atoms with Crippen LogP contribution < -0.4 is 4.90 Å². The summed E-state index contributed by atoms with van der Waals surface area (Å²) in [7, 11) is 0. The second kappa shape index (κ2) is 5.25. The standard InChI is InChI=1S/C15H18FN3O/c1-10-4-7-19(9-10)13-8-11(16)2-3-12(13)14(20)15-17-5-6-18-15/h2-3,5-6,8,10,14,20H,4,7,9H2,1H3,(H,17,18)/t10-,14?/m0/s1. The molecule has 1 unspecified atom stereocenters. The van der Waals surface area contributed by atoms with Crippen molar-refractivity contribution in [2.24, 2.45) is 5.92 Å². The number of halogens is 1. The van der Waals surface area contributed by atoms with E-state index in [0.29, 0.717) is 17.3 Å². The van der Waals surface area contributed by atoms with Crippen molar-refractivity contribution in [1.29, 1.82) is 0 Å². The van der Waals surface area contributed by atoms with Gasteiger partial charge in [0.05, 0.1) is 0 Å². The Balaban J connectivity index is 1.98. The lowest BCUT2D eigenvalue weighted by Crippen LogP contribution is -2.22. The molecule has 4 nitrogen and oxygen atoms in total. The quantitative estimate of drug-likeness (QED) is 0.904. The largest absolute Gasteiger partial charge is 0.380 e. The fraction of sp³-hybridized carbons (Fsp3) is 0.400. The summed E-state index contributed by atoms with van der Waals surface area (Å²) in [5.41, 5.74) is 1.45. The van der Waals surface area contributed by atoms with Crippen molar-refractivity contribution in [3.8, 4) is 0 Å². The normalized spacial score (nSPS) is 20.4. The number of aromatic amines is 1. The number of aliphatic hydroxyl groups excluding tert-OH is 1. The van der Waals surface area contributed by atoms with Crippen LogP contribution in [-0.4, -0.2) is 28.2 Å². The molecule has 1 saturated heterocycles. The summed E-state index contributed by atoms with van der Waals surface area (Å²) in [5, 5.41) is 10.4. The maximum Gasteiger partial charge on any atom is 0.139 e. The molecule has 0 aliphatic carbocycles. The number of benzene rings is 1. The highest BCUT2D eigenvalue weighted by Crippen LogP contribution is 2.33. The molecule has 20 heavy (non-hydrogen) atoms. The van der Waals surface area contributed by atoms with Gasteiger partial charge in [-0.3, -0.25) is 0 Å². The first-order valence-electron chi connectivity index (χ1n) is 6.87. The van der Waals surface area contributed by atoms with Crippen molar-refractivity contribution in [3.63, 3.8) is 0 Å². The van der Waals surface area contributed by atoms with E-state index in [4.69, 9.17) is 0 Å². The molecule has 2 heterocycles. The maximum atomic E-state index is 13.6. The molecule has 1 aromatic heterocycles. The van der Waals surface area contributed by atoms with Gasteiger partial charge in [0.2, 0.25) is 0 Å². The zero-order chi connectivity index (χ0) is 14.1. The summed E-state index contributed by atoms with van der Waals surface area (Å²) in [6.45, 7) is 3.96. The molecule has 1 aliphatic heterocycles. The first kappa shape index (κ1) is 13.1. The number of anilines is 1. The average molecular weight is 275 g/mol. The molecule has 0 bridgehead atoms. The summed E-state index contributed by atoms with van der Waals surface area (Å²) >= 11 is 0. The number of imidazole rings is 1. The molecule has 5 heteroatoms. The third-order valence-corrected chi connectivity index (χ3v) is 3.83. The zero-order valence-corrected chi connectivity index (χ0v) is 11.4. The molecule has 0 saturated carbocycles. The highest BCUT2D eigenvalue weighted by atomic mass is 19.1. The lowest BCUT2D eigenvalue weighted by atomic mass is 10.1. The first-order chi connectivity index (χ1) is 9.65. The molecule has 2 atom stereocenters. The third-order valence-electron chi connectivity index (χ3n) is 3.83. The summed E-state index contributed by atoms with van der Waals surface area (Å²) in [5.74, 6) is 0.784. The molecular weight excluding hydrogens is 257 g/mol. The number of nitrogens with zero attached hydrogens (tertiary/aromatic N) is 2. The maximum absolute atomic E-state index is 13.6. The van der Waals surface area contributed by atoms with Crippen molar-refractivity contribution >= 4 is 5.69 Å². The molecule has 0 radical (unpaired) electrons. The number of H-pyrrole nitrogens is 1. The van der Waals surface area contributed by atoms with Gasteiger partial charge >= 0.3 is 0 Å². The lowest BCUT2D eigenvalue weighted by molar-refractivity contribution is 0.211. The van der Waals surface area contributed by atoms with Crippen molar-refractivity contribution in [3.05, 3.63) is 47.8 Å².